The fraction of sp³-hybridized carbons (Fsp3) is 0.450. The summed E-state index contributed by atoms with van der Waals surface area (Å²) in [7, 11) is 0. The lowest BCUT2D eigenvalue weighted by molar-refractivity contribution is -0.123. The van der Waals surface area contributed by atoms with Crippen LogP contribution in [0.15, 0.2) is 24.3 Å². The van der Waals surface area contributed by atoms with Crippen LogP contribution in [0.25, 0.3) is 0 Å². The zero-order chi connectivity index (χ0) is 21.2. The van der Waals surface area contributed by atoms with E-state index in [0.29, 0.717) is 37.2 Å². The molecule has 0 unspecified atom stereocenters. The zero-order valence-electron chi connectivity index (χ0n) is 16.3. The number of aryl methyl sites for hydroxylation is 2. The van der Waals surface area contributed by atoms with Gasteiger partial charge < -0.3 is 10.2 Å². The third-order valence-electron chi connectivity index (χ3n) is 5.26. The Morgan fingerprint density at radius 1 is 1.17 bits per heavy atom. The number of aromatic nitrogens is 2. The van der Waals surface area contributed by atoms with Crippen LogP contribution >= 0.6 is 0 Å². The molecule has 1 aromatic carbocycles. The predicted octanol–water partition coefficient (Wildman–Crippen LogP) is 3.34. The standard InChI is InChI=1S/C20H23F3N4O2/c1-12-3-4-15(9-13(12)2)19(29)27-7-5-14(6-8-27)16-10-17(26-25-16)18(28)24-11-20(21,22)23/h3-4,9-10,14H,5-8,11H2,1-2H3,(H,24,28)(H,25,26). The highest BCUT2D eigenvalue weighted by Gasteiger charge is 2.29. The van der Waals surface area contributed by atoms with E-state index in [9.17, 15) is 22.8 Å². The summed E-state index contributed by atoms with van der Waals surface area (Å²) in [6.07, 6.45) is -3.10. The number of hydrogen-bond acceptors (Lipinski definition) is 3. The van der Waals surface area contributed by atoms with Gasteiger partial charge in [0.25, 0.3) is 11.8 Å². The number of benzene rings is 1. The van der Waals surface area contributed by atoms with Crippen LogP contribution in [0.5, 0.6) is 0 Å². The SMILES string of the molecule is Cc1ccc(C(=O)N2CCC(c3cc(C(=O)NCC(F)(F)F)n[nH]3)CC2)cc1C. The van der Waals surface area contributed by atoms with Crippen LogP contribution in [0.2, 0.25) is 0 Å². The number of likely N-dealkylation sites (tertiary alicyclic amines) is 1. The minimum absolute atomic E-state index is 0.0108. The van der Waals surface area contributed by atoms with Crippen molar-refractivity contribution in [3.8, 4) is 0 Å². The van der Waals surface area contributed by atoms with Crippen molar-refractivity contribution in [3.05, 3.63) is 52.3 Å². The van der Waals surface area contributed by atoms with Crippen LogP contribution in [-0.4, -0.2) is 52.7 Å². The van der Waals surface area contributed by atoms with E-state index in [1.165, 1.54) is 6.07 Å². The number of aromatic amines is 1. The van der Waals surface area contributed by atoms with E-state index in [1.807, 2.05) is 32.0 Å². The molecule has 1 saturated heterocycles. The van der Waals surface area contributed by atoms with Crippen LogP contribution < -0.4 is 5.32 Å². The lowest BCUT2D eigenvalue weighted by atomic mass is 9.93. The van der Waals surface area contributed by atoms with E-state index in [-0.39, 0.29) is 17.5 Å². The van der Waals surface area contributed by atoms with Gasteiger partial charge in [0.2, 0.25) is 0 Å². The smallest absolute Gasteiger partial charge is 0.342 e. The largest absolute Gasteiger partial charge is 0.405 e. The van der Waals surface area contributed by atoms with Gasteiger partial charge in [-0.15, -0.1) is 0 Å². The third-order valence-corrected chi connectivity index (χ3v) is 5.26. The maximum Gasteiger partial charge on any atom is 0.405 e. The quantitative estimate of drug-likeness (QED) is 0.815. The van der Waals surface area contributed by atoms with Crippen molar-refractivity contribution >= 4 is 11.8 Å². The van der Waals surface area contributed by atoms with Gasteiger partial charge in [0.15, 0.2) is 0 Å². The number of nitrogens with zero attached hydrogens (tertiary/aromatic N) is 2. The summed E-state index contributed by atoms with van der Waals surface area (Å²) < 4.78 is 36.7. The number of halogens is 3. The Morgan fingerprint density at radius 3 is 2.48 bits per heavy atom. The summed E-state index contributed by atoms with van der Waals surface area (Å²) in [4.78, 5) is 26.3. The Labute approximate surface area is 166 Å². The minimum atomic E-state index is -4.47. The molecule has 0 radical (unpaired) electrons. The van der Waals surface area contributed by atoms with E-state index in [2.05, 4.69) is 10.2 Å². The molecule has 0 bridgehead atoms. The Balaban J connectivity index is 1.57. The van der Waals surface area contributed by atoms with Gasteiger partial charge in [-0.2, -0.15) is 18.3 Å². The van der Waals surface area contributed by atoms with Gasteiger partial charge in [0, 0.05) is 30.3 Å². The van der Waals surface area contributed by atoms with E-state index in [1.54, 1.807) is 10.2 Å². The molecule has 2 N–H and O–H groups in total. The summed E-state index contributed by atoms with van der Waals surface area (Å²) in [6.45, 7) is 3.69. The molecule has 3 rings (SSSR count). The van der Waals surface area contributed by atoms with Gasteiger partial charge in [-0.05, 0) is 56.0 Å². The Morgan fingerprint density at radius 2 is 1.86 bits per heavy atom. The molecule has 1 aliphatic rings. The highest BCUT2D eigenvalue weighted by molar-refractivity contribution is 5.94. The topological polar surface area (TPSA) is 78.1 Å². The first-order valence-electron chi connectivity index (χ1n) is 9.41. The number of H-pyrrole nitrogens is 1. The first-order valence-corrected chi connectivity index (χ1v) is 9.41. The first-order chi connectivity index (χ1) is 13.6. The Kier molecular flexibility index (Phi) is 5.95. The third kappa shape index (κ3) is 5.16. The lowest BCUT2D eigenvalue weighted by Crippen LogP contribution is -2.38. The maximum atomic E-state index is 12.7. The molecule has 0 saturated carbocycles. The van der Waals surface area contributed by atoms with Crippen molar-refractivity contribution in [2.24, 2.45) is 0 Å². The van der Waals surface area contributed by atoms with Crippen molar-refractivity contribution < 1.29 is 22.8 Å². The van der Waals surface area contributed by atoms with E-state index >= 15 is 0 Å². The predicted molar refractivity (Wildman–Crippen MR) is 101 cm³/mol. The van der Waals surface area contributed by atoms with Gasteiger partial charge in [-0.25, -0.2) is 0 Å². The molecule has 156 valence electrons. The number of carbonyl (C=O) groups is 2. The van der Waals surface area contributed by atoms with Crippen LogP contribution in [0.4, 0.5) is 13.2 Å². The van der Waals surface area contributed by atoms with Crippen LogP contribution in [0.3, 0.4) is 0 Å². The Bertz CT molecular complexity index is 899. The van der Waals surface area contributed by atoms with Crippen molar-refractivity contribution in [2.45, 2.75) is 38.8 Å². The second-order valence-electron chi connectivity index (χ2n) is 7.37. The molecule has 2 aromatic rings. The van der Waals surface area contributed by atoms with Gasteiger partial charge in [0.1, 0.15) is 12.2 Å². The number of piperidine rings is 1. The summed E-state index contributed by atoms with van der Waals surface area (Å²) >= 11 is 0. The number of nitrogens with one attached hydrogen (secondary N) is 2. The molecular weight excluding hydrogens is 385 g/mol. The Hall–Kier alpha value is -2.84. The average Bonchev–Trinajstić information content (AvgIpc) is 3.17. The molecule has 1 fully saturated rings. The number of rotatable bonds is 4. The maximum absolute atomic E-state index is 12.7. The highest BCUT2D eigenvalue weighted by atomic mass is 19.4. The zero-order valence-corrected chi connectivity index (χ0v) is 16.3. The number of carbonyl (C=O) groups excluding carboxylic acids is 2. The molecule has 2 heterocycles. The molecule has 9 heteroatoms. The van der Waals surface area contributed by atoms with Crippen molar-refractivity contribution in [2.75, 3.05) is 19.6 Å². The number of amides is 2. The molecule has 0 atom stereocenters. The lowest BCUT2D eigenvalue weighted by Gasteiger charge is -2.31. The van der Waals surface area contributed by atoms with Gasteiger partial charge >= 0.3 is 6.18 Å². The fourth-order valence-electron chi connectivity index (χ4n) is 3.38. The van der Waals surface area contributed by atoms with Crippen LogP contribution in [0.1, 0.15) is 56.4 Å². The van der Waals surface area contributed by atoms with Crippen molar-refractivity contribution in [3.63, 3.8) is 0 Å². The monoisotopic (exact) mass is 408 g/mol. The van der Waals surface area contributed by atoms with E-state index in [4.69, 9.17) is 0 Å². The minimum Gasteiger partial charge on any atom is -0.342 e. The molecule has 1 aliphatic heterocycles. The summed E-state index contributed by atoms with van der Waals surface area (Å²) in [5.41, 5.74) is 3.49. The van der Waals surface area contributed by atoms with Gasteiger partial charge in [-0.1, -0.05) is 6.07 Å². The number of hydrogen-bond donors (Lipinski definition) is 2. The van der Waals surface area contributed by atoms with Crippen LogP contribution in [0, 0.1) is 13.8 Å². The molecule has 2 amide bonds. The average molecular weight is 408 g/mol. The molecule has 0 spiro atoms. The highest BCUT2D eigenvalue weighted by Crippen LogP contribution is 2.28. The van der Waals surface area contributed by atoms with Crippen molar-refractivity contribution in [1.82, 2.24) is 20.4 Å². The fourth-order valence-corrected chi connectivity index (χ4v) is 3.38. The number of alkyl halides is 3. The summed E-state index contributed by atoms with van der Waals surface area (Å²) in [6, 6.07) is 7.14. The summed E-state index contributed by atoms with van der Waals surface area (Å²) in [5.74, 6) is -0.814. The summed E-state index contributed by atoms with van der Waals surface area (Å²) in [5, 5.41) is 8.38. The molecule has 6 nitrogen and oxygen atoms in total. The normalized spacial score (nSPS) is 15.4. The molecular formula is C20H23F3N4O2. The van der Waals surface area contributed by atoms with Gasteiger partial charge in [-0.3, -0.25) is 14.7 Å². The second kappa shape index (κ2) is 8.26. The molecule has 29 heavy (non-hydrogen) atoms. The first kappa shape index (κ1) is 20.9. The molecule has 0 aliphatic carbocycles. The molecule has 1 aromatic heterocycles. The van der Waals surface area contributed by atoms with E-state index < -0.39 is 18.6 Å². The van der Waals surface area contributed by atoms with Crippen LogP contribution in [-0.2, 0) is 0 Å². The van der Waals surface area contributed by atoms with Gasteiger partial charge in [0.05, 0.1) is 0 Å². The van der Waals surface area contributed by atoms with E-state index in [0.717, 1.165) is 11.1 Å². The van der Waals surface area contributed by atoms with Crippen molar-refractivity contribution in [1.29, 1.82) is 0 Å². The second-order valence-corrected chi connectivity index (χ2v) is 7.37.